The maximum Gasteiger partial charge on any atom is 0.331 e. The second-order valence-corrected chi connectivity index (χ2v) is 3.39. The van der Waals surface area contributed by atoms with Gasteiger partial charge >= 0.3 is 5.97 Å². The Labute approximate surface area is 77.7 Å². The molecule has 3 aliphatic rings. The quantitative estimate of drug-likeness (QED) is 0.361. The Morgan fingerprint density at radius 1 is 1.62 bits per heavy atom. The van der Waals surface area contributed by atoms with Gasteiger partial charge in [-0.05, 0) is 18.9 Å². The Balaban J connectivity index is 2.04. The van der Waals surface area contributed by atoms with E-state index in [-0.39, 0.29) is 12.2 Å². The molecule has 0 saturated carbocycles. The van der Waals surface area contributed by atoms with E-state index in [9.17, 15) is 4.79 Å². The van der Waals surface area contributed by atoms with E-state index in [4.69, 9.17) is 4.74 Å². The van der Waals surface area contributed by atoms with Gasteiger partial charge in [0.15, 0.2) is 6.23 Å². The van der Waals surface area contributed by atoms with Gasteiger partial charge in [-0.3, -0.25) is 4.90 Å². The molecule has 0 amide bonds. The predicted octanol–water partition coefficient (Wildman–Crippen LogP) is 1.08. The smallest absolute Gasteiger partial charge is 0.331 e. The Morgan fingerprint density at radius 2 is 2.31 bits per heavy atom. The molecule has 0 aromatic heterocycles. The van der Waals surface area contributed by atoms with Crippen LogP contribution in [0.15, 0.2) is 24.3 Å². The lowest BCUT2D eigenvalue weighted by atomic mass is 9.98. The fourth-order valence-electron chi connectivity index (χ4n) is 1.82. The highest BCUT2D eigenvalue weighted by molar-refractivity contribution is 5.81. The summed E-state index contributed by atoms with van der Waals surface area (Å²) in [6.07, 6.45) is 5.38. The molecule has 1 atom stereocenters. The maximum atomic E-state index is 11.0. The number of fused-ring (bicyclic) bond motifs is 3. The molecule has 0 aromatic rings. The van der Waals surface area contributed by atoms with E-state index in [1.54, 1.807) is 0 Å². The first kappa shape index (κ1) is 8.51. The number of hydrogen-bond acceptors (Lipinski definition) is 3. The number of nitrogens with zero attached hydrogens (tertiary/aromatic N) is 1. The van der Waals surface area contributed by atoms with Gasteiger partial charge in [0, 0.05) is 19.2 Å². The topological polar surface area (TPSA) is 29.5 Å². The van der Waals surface area contributed by atoms with Crippen LogP contribution in [0.3, 0.4) is 0 Å². The summed E-state index contributed by atoms with van der Waals surface area (Å²) < 4.78 is 5.17. The Kier molecular flexibility index (Phi) is 2.19. The molecule has 3 heterocycles. The van der Waals surface area contributed by atoms with Gasteiger partial charge in [0.05, 0.1) is 0 Å². The number of hydrogen-bond donors (Lipinski definition) is 0. The van der Waals surface area contributed by atoms with Crippen molar-refractivity contribution in [1.29, 1.82) is 0 Å². The van der Waals surface area contributed by atoms with Gasteiger partial charge in [-0.2, -0.15) is 0 Å². The van der Waals surface area contributed by atoms with Crippen molar-refractivity contribution in [3.05, 3.63) is 24.3 Å². The highest BCUT2D eigenvalue weighted by atomic mass is 16.6. The molecule has 3 nitrogen and oxygen atoms in total. The first-order valence-corrected chi connectivity index (χ1v) is 4.56. The van der Waals surface area contributed by atoms with E-state index in [1.165, 1.54) is 11.6 Å². The molecule has 1 unspecified atom stereocenters. The zero-order chi connectivity index (χ0) is 9.26. The Hall–Kier alpha value is -1.09. The number of esters is 1. The molecule has 0 radical (unpaired) electrons. The van der Waals surface area contributed by atoms with Crippen molar-refractivity contribution in [3.63, 3.8) is 0 Å². The van der Waals surface area contributed by atoms with Gasteiger partial charge in [0.2, 0.25) is 0 Å². The second kappa shape index (κ2) is 3.34. The second-order valence-electron chi connectivity index (χ2n) is 3.39. The number of carbonyl (C=O) groups excluding carboxylic acids is 1. The van der Waals surface area contributed by atoms with E-state index in [2.05, 4.69) is 17.6 Å². The summed E-state index contributed by atoms with van der Waals surface area (Å²) in [4.78, 5) is 13.1. The zero-order valence-electron chi connectivity index (χ0n) is 7.53. The van der Waals surface area contributed by atoms with Gasteiger partial charge in [-0.15, -0.1) is 0 Å². The lowest BCUT2D eigenvalue weighted by Gasteiger charge is -2.38. The Morgan fingerprint density at radius 3 is 2.77 bits per heavy atom. The van der Waals surface area contributed by atoms with Crippen LogP contribution in [0, 0.1) is 0 Å². The van der Waals surface area contributed by atoms with E-state index in [1.807, 2.05) is 0 Å². The first-order chi connectivity index (χ1) is 6.29. The molecule has 1 fully saturated rings. The van der Waals surface area contributed by atoms with Crippen molar-refractivity contribution < 1.29 is 9.53 Å². The highest BCUT2D eigenvalue weighted by Gasteiger charge is 2.28. The first-order valence-electron chi connectivity index (χ1n) is 4.56. The molecule has 3 heteroatoms. The van der Waals surface area contributed by atoms with Crippen molar-refractivity contribution >= 4 is 5.97 Å². The summed E-state index contributed by atoms with van der Waals surface area (Å²) in [5.74, 6) is -0.339. The minimum Gasteiger partial charge on any atom is -0.439 e. The normalized spacial score (nSPS) is 30.9. The molecule has 70 valence electrons. The van der Waals surface area contributed by atoms with Crippen LogP contribution in [0.5, 0.6) is 0 Å². The predicted molar refractivity (Wildman–Crippen MR) is 49.0 cm³/mol. The van der Waals surface area contributed by atoms with Gasteiger partial charge < -0.3 is 4.74 Å². The molecule has 2 bridgehead atoms. The number of rotatable bonds is 2. The number of ether oxygens (including phenoxy) is 1. The van der Waals surface area contributed by atoms with E-state index < -0.39 is 0 Å². The van der Waals surface area contributed by atoms with Crippen LogP contribution in [-0.4, -0.2) is 30.2 Å². The van der Waals surface area contributed by atoms with Crippen LogP contribution in [0.1, 0.15) is 12.8 Å². The molecular weight excluding hydrogens is 166 g/mol. The van der Waals surface area contributed by atoms with Crippen molar-refractivity contribution in [1.82, 2.24) is 4.90 Å². The summed E-state index contributed by atoms with van der Waals surface area (Å²) in [6, 6.07) is 0. The summed E-state index contributed by atoms with van der Waals surface area (Å²) in [6.45, 7) is 5.40. The van der Waals surface area contributed by atoms with E-state index in [0.29, 0.717) is 0 Å². The van der Waals surface area contributed by atoms with Gasteiger partial charge in [-0.1, -0.05) is 12.2 Å². The molecule has 0 spiro atoms. The largest absolute Gasteiger partial charge is 0.439 e. The van der Waals surface area contributed by atoms with Crippen LogP contribution in [0.25, 0.3) is 0 Å². The molecule has 1 saturated heterocycles. The van der Waals surface area contributed by atoms with Gasteiger partial charge in [-0.25, -0.2) is 4.79 Å². The van der Waals surface area contributed by atoms with Crippen molar-refractivity contribution in [2.45, 2.75) is 19.1 Å². The molecule has 3 aliphatic heterocycles. The minimum atomic E-state index is -0.339. The van der Waals surface area contributed by atoms with Crippen molar-refractivity contribution in [2.24, 2.45) is 0 Å². The molecule has 3 rings (SSSR count). The fourth-order valence-corrected chi connectivity index (χ4v) is 1.82. The third kappa shape index (κ3) is 1.65. The summed E-state index contributed by atoms with van der Waals surface area (Å²) in [5.41, 5.74) is 1.42. The molecule has 13 heavy (non-hydrogen) atoms. The zero-order valence-corrected chi connectivity index (χ0v) is 7.53. The van der Waals surface area contributed by atoms with E-state index >= 15 is 0 Å². The number of piperidine rings is 1. The average Bonchev–Trinajstić information content (AvgIpc) is 2.19. The SMILES string of the molecule is C=CC(=O)OC1C=C2CCN1CC2. The lowest BCUT2D eigenvalue weighted by molar-refractivity contribution is -0.150. The van der Waals surface area contributed by atoms with E-state index in [0.717, 1.165) is 25.9 Å². The molecule has 0 aliphatic carbocycles. The third-order valence-electron chi connectivity index (χ3n) is 2.58. The standard InChI is InChI=1S/C10H13NO2/c1-2-10(12)13-9-7-8-3-5-11(9)6-4-8/h2,7,9H,1,3-6H2. The number of carbonyl (C=O) groups is 1. The van der Waals surface area contributed by atoms with Crippen molar-refractivity contribution in [3.8, 4) is 0 Å². The lowest BCUT2D eigenvalue weighted by Crippen LogP contribution is -2.45. The summed E-state index contributed by atoms with van der Waals surface area (Å²) in [5, 5.41) is 0. The maximum absolute atomic E-state index is 11.0. The van der Waals surface area contributed by atoms with Gasteiger partial charge in [0.1, 0.15) is 0 Å². The van der Waals surface area contributed by atoms with Gasteiger partial charge in [0.25, 0.3) is 0 Å². The molecule has 0 N–H and O–H groups in total. The average molecular weight is 179 g/mol. The summed E-state index contributed by atoms with van der Waals surface area (Å²) >= 11 is 0. The highest BCUT2D eigenvalue weighted by Crippen LogP contribution is 2.26. The molecular formula is C10H13NO2. The minimum absolute atomic E-state index is 0.136. The Bertz CT molecular complexity index is 260. The monoisotopic (exact) mass is 179 g/mol. The van der Waals surface area contributed by atoms with Crippen LogP contribution in [0.2, 0.25) is 0 Å². The summed E-state index contributed by atoms with van der Waals surface area (Å²) in [7, 11) is 0. The van der Waals surface area contributed by atoms with Crippen molar-refractivity contribution in [2.75, 3.05) is 13.1 Å². The van der Waals surface area contributed by atoms with Crippen LogP contribution in [-0.2, 0) is 9.53 Å². The third-order valence-corrected chi connectivity index (χ3v) is 2.58. The fraction of sp³-hybridized carbons (Fsp3) is 0.500. The molecule has 0 aromatic carbocycles. The van der Waals surface area contributed by atoms with Crippen LogP contribution >= 0.6 is 0 Å². The van der Waals surface area contributed by atoms with Crippen LogP contribution < -0.4 is 0 Å². The van der Waals surface area contributed by atoms with Crippen LogP contribution in [0.4, 0.5) is 0 Å².